The molecule has 0 aromatic carbocycles. The average Bonchev–Trinajstić information content (AvgIpc) is 3.17. The van der Waals surface area contributed by atoms with E-state index in [1.807, 2.05) is 34.6 Å². The minimum Gasteiger partial charge on any atom is -0.458 e. The summed E-state index contributed by atoms with van der Waals surface area (Å²) in [5.41, 5.74) is -0.489. The van der Waals surface area contributed by atoms with Crippen LogP contribution in [0.2, 0.25) is 0 Å². The molecule has 0 saturated heterocycles. The largest absolute Gasteiger partial charge is 0.458 e. The lowest BCUT2D eigenvalue weighted by atomic mass is 10.0. The van der Waals surface area contributed by atoms with Gasteiger partial charge in [0.25, 0.3) is 0 Å². The van der Waals surface area contributed by atoms with Crippen molar-refractivity contribution in [3.63, 3.8) is 0 Å². The van der Waals surface area contributed by atoms with Gasteiger partial charge in [-0.1, -0.05) is 13.8 Å². The van der Waals surface area contributed by atoms with E-state index in [1.165, 1.54) is 0 Å². The monoisotopic (exact) mass is 291 g/mol. The summed E-state index contributed by atoms with van der Waals surface area (Å²) in [5.74, 6) is 1.91. The first-order valence-corrected chi connectivity index (χ1v) is 7.58. The van der Waals surface area contributed by atoms with Crippen LogP contribution >= 0.6 is 0 Å². The minimum absolute atomic E-state index is 0.110. The molecule has 0 unspecified atom stereocenters. The number of ether oxygens (including phenoxy) is 1. The SMILES string of the molecule is CC(C)[C@@H](Nc1ccnc(C2CC2)n1)C(=O)OC(C)(C)C. The summed E-state index contributed by atoms with van der Waals surface area (Å²) in [6.07, 6.45) is 4.06. The molecule has 21 heavy (non-hydrogen) atoms. The highest BCUT2D eigenvalue weighted by Crippen LogP contribution is 2.38. The van der Waals surface area contributed by atoms with Gasteiger partial charge in [-0.15, -0.1) is 0 Å². The first-order chi connectivity index (χ1) is 9.76. The summed E-state index contributed by atoms with van der Waals surface area (Å²) >= 11 is 0. The Balaban J connectivity index is 2.08. The van der Waals surface area contributed by atoms with Crippen molar-refractivity contribution in [1.29, 1.82) is 0 Å². The first kappa shape index (κ1) is 15.7. The molecule has 1 aliphatic rings. The summed E-state index contributed by atoms with van der Waals surface area (Å²) in [6, 6.07) is 1.39. The Hall–Kier alpha value is -1.65. The molecule has 1 aromatic rings. The Morgan fingerprint density at radius 2 is 2.05 bits per heavy atom. The molecule has 0 spiro atoms. The molecule has 116 valence electrons. The maximum Gasteiger partial charge on any atom is 0.329 e. The zero-order valence-corrected chi connectivity index (χ0v) is 13.5. The van der Waals surface area contributed by atoms with Crippen LogP contribution in [0.4, 0.5) is 5.82 Å². The van der Waals surface area contributed by atoms with Gasteiger partial charge in [-0.05, 0) is 45.6 Å². The van der Waals surface area contributed by atoms with Crippen molar-refractivity contribution in [2.75, 3.05) is 5.32 Å². The van der Waals surface area contributed by atoms with Crippen molar-refractivity contribution in [2.24, 2.45) is 5.92 Å². The van der Waals surface area contributed by atoms with Crippen LogP contribution in [0.15, 0.2) is 12.3 Å². The number of rotatable bonds is 5. The lowest BCUT2D eigenvalue weighted by Gasteiger charge is -2.26. The van der Waals surface area contributed by atoms with Crippen LogP contribution in [0.5, 0.6) is 0 Å². The smallest absolute Gasteiger partial charge is 0.329 e. The van der Waals surface area contributed by atoms with Crippen molar-refractivity contribution in [3.05, 3.63) is 18.1 Å². The number of esters is 1. The Labute approximate surface area is 126 Å². The van der Waals surface area contributed by atoms with Gasteiger partial charge < -0.3 is 10.1 Å². The second-order valence-electron chi connectivity index (χ2n) is 6.97. The number of carbonyl (C=O) groups excluding carboxylic acids is 1. The van der Waals surface area contributed by atoms with Gasteiger partial charge in [-0.25, -0.2) is 14.8 Å². The molecule has 0 bridgehead atoms. The van der Waals surface area contributed by atoms with Crippen molar-refractivity contribution < 1.29 is 9.53 Å². The zero-order valence-electron chi connectivity index (χ0n) is 13.5. The second-order valence-corrected chi connectivity index (χ2v) is 6.97. The van der Waals surface area contributed by atoms with E-state index >= 15 is 0 Å². The van der Waals surface area contributed by atoms with Crippen LogP contribution in [0.1, 0.15) is 59.2 Å². The van der Waals surface area contributed by atoms with E-state index in [-0.39, 0.29) is 11.9 Å². The molecular weight excluding hydrogens is 266 g/mol. The molecule has 1 atom stereocenters. The van der Waals surface area contributed by atoms with E-state index in [1.54, 1.807) is 12.3 Å². The Morgan fingerprint density at radius 1 is 1.38 bits per heavy atom. The number of nitrogens with one attached hydrogen (secondary N) is 1. The molecule has 1 aliphatic carbocycles. The number of hydrogen-bond acceptors (Lipinski definition) is 5. The zero-order chi connectivity index (χ0) is 15.6. The van der Waals surface area contributed by atoms with Gasteiger partial charge in [-0.3, -0.25) is 0 Å². The van der Waals surface area contributed by atoms with E-state index in [2.05, 4.69) is 15.3 Å². The van der Waals surface area contributed by atoms with Crippen LogP contribution in [-0.4, -0.2) is 27.6 Å². The molecule has 1 N–H and O–H groups in total. The molecule has 0 amide bonds. The van der Waals surface area contributed by atoms with E-state index in [4.69, 9.17) is 4.74 Å². The number of anilines is 1. The van der Waals surface area contributed by atoms with E-state index in [0.717, 1.165) is 18.7 Å². The molecule has 2 rings (SSSR count). The Bertz CT molecular complexity index is 504. The topological polar surface area (TPSA) is 64.1 Å². The predicted octanol–water partition coefficient (Wildman–Crippen LogP) is 3.13. The van der Waals surface area contributed by atoms with E-state index in [9.17, 15) is 4.79 Å². The van der Waals surface area contributed by atoms with Crippen molar-refractivity contribution in [1.82, 2.24) is 9.97 Å². The van der Waals surface area contributed by atoms with Crippen LogP contribution in [0, 0.1) is 5.92 Å². The second kappa shape index (κ2) is 6.00. The third-order valence-corrected chi connectivity index (χ3v) is 3.25. The van der Waals surface area contributed by atoms with E-state index in [0.29, 0.717) is 11.7 Å². The third kappa shape index (κ3) is 4.69. The lowest BCUT2D eigenvalue weighted by Crippen LogP contribution is -2.40. The van der Waals surface area contributed by atoms with Crippen molar-refractivity contribution >= 4 is 11.8 Å². The summed E-state index contributed by atoms with van der Waals surface area (Å²) < 4.78 is 5.48. The molecule has 1 aromatic heterocycles. The van der Waals surface area contributed by atoms with E-state index < -0.39 is 11.6 Å². The Kier molecular flexibility index (Phi) is 4.49. The molecule has 5 nitrogen and oxygen atoms in total. The summed E-state index contributed by atoms with van der Waals surface area (Å²) in [7, 11) is 0. The first-order valence-electron chi connectivity index (χ1n) is 7.58. The van der Waals surface area contributed by atoms with Gasteiger partial charge >= 0.3 is 5.97 Å². The third-order valence-electron chi connectivity index (χ3n) is 3.25. The van der Waals surface area contributed by atoms with Gasteiger partial charge in [0, 0.05) is 12.1 Å². The van der Waals surface area contributed by atoms with Crippen LogP contribution in [0.25, 0.3) is 0 Å². The maximum absolute atomic E-state index is 12.3. The van der Waals surface area contributed by atoms with Gasteiger partial charge in [-0.2, -0.15) is 0 Å². The van der Waals surface area contributed by atoms with Crippen LogP contribution in [-0.2, 0) is 9.53 Å². The highest BCUT2D eigenvalue weighted by atomic mass is 16.6. The fourth-order valence-electron chi connectivity index (χ4n) is 2.01. The number of carbonyl (C=O) groups is 1. The van der Waals surface area contributed by atoms with Gasteiger partial charge in [0.2, 0.25) is 0 Å². The van der Waals surface area contributed by atoms with Gasteiger partial charge in [0.1, 0.15) is 23.3 Å². The fourth-order valence-corrected chi connectivity index (χ4v) is 2.01. The quantitative estimate of drug-likeness (QED) is 0.844. The summed E-state index contributed by atoms with van der Waals surface area (Å²) in [6.45, 7) is 9.60. The Morgan fingerprint density at radius 3 is 2.57 bits per heavy atom. The molecule has 0 radical (unpaired) electrons. The molecular formula is C16H25N3O2. The normalized spacial score (nSPS) is 16.7. The predicted molar refractivity (Wildman–Crippen MR) is 82.1 cm³/mol. The lowest BCUT2D eigenvalue weighted by molar-refractivity contribution is -0.156. The standard InChI is InChI=1S/C16H25N3O2/c1-10(2)13(15(20)21-16(3,4)5)18-12-8-9-17-14(19-12)11-6-7-11/h8-11,13H,6-7H2,1-5H3,(H,17,18,19)/t13-/m1/s1. The molecule has 1 saturated carbocycles. The molecule has 5 heteroatoms. The number of aromatic nitrogens is 2. The van der Waals surface area contributed by atoms with Crippen molar-refractivity contribution in [2.45, 2.75) is 65.0 Å². The summed E-state index contributed by atoms with van der Waals surface area (Å²) in [5, 5.41) is 3.20. The number of hydrogen-bond donors (Lipinski definition) is 1. The van der Waals surface area contributed by atoms with Crippen LogP contribution in [0.3, 0.4) is 0 Å². The highest BCUT2D eigenvalue weighted by molar-refractivity contribution is 5.79. The fraction of sp³-hybridized carbons (Fsp3) is 0.688. The van der Waals surface area contributed by atoms with Gasteiger partial charge in [0.05, 0.1) is 0 Å². The molecule has 1 fully saturated rings. The maximum atomic E-state index is 12.3. The average molecular weight is 291 g/mol. The van der Waals surface area contributed by atoms with Gasteiger partial charge in [0.15, 0.2) is 0 Å². The highest BCUT2D eigenvalue weighted by Gasteiger charge is 2.29. The molecule has 0 aliphatic heterocycles. The minimum atomic E-state index is -0.489. The van der Waals surface area contributed by atoms with Crippen LogP contribution < -0.4 is 5.32 Å². The van der Waals surface area contributed by atoms with Crippen molar-refractivity contribution in [3.8, 4) is 0 Å². The molecule has 1 heterocycles. The number of nitrogens with zero attached hydrogens (tertiary/aromatic N) is 2. The summed E-state index contributed by atoms with van der Waals surface area (Å²) in [4.78, 5) is 21.1.